The number of rotatable bonds is 5. The number of pyridine rings is 2. The largest absolute Gasteiger partial charge is 0.330 e. The van der Waals surface area contributed by atoms with Crippen LogP contribution in [-0.4, -0.2) is 20.8 Å². The molecule has 0 atom stereocenters. The van der Waals surface area contributed by atoms with Crippen molar-refractivity contribution in [2.45, 2.75) is 20.0 Å². The maximum Gasteiger partial charge on any atom is 0.256 e. The number of hydrogen-bond acceptors (Lipinski definition) is 3. The van der Waals surface area contributed by atoms with Crippen molar-refractivity contribution in [2.24, 2.45) is 0 Å². The Morgan fingerprint density at radius 1 is 1.00 bits per heavy atom. The highest BCUT2D eigenvalue weighted by molar-refractivity contribution is 5.93. The van der Waals surface area contributed by atoms with Gasteiger partial charge in [-0.1, -0.05) is 42.0 Å². The third kappa shape index (κ3) is 4.24. The second-order valence-electron chi connectivity index (χ2n) is 7.10. The molecule has 4 rings (SSSR count). The highest BCUT2D eigenvalue weighted by Gasteiger charge is 2.18. The fraction of sp³-hybridized carbons (Fsp3) is 0.125. The summed E-state index contributed by atoms with van der Waals surface area (Å²) in [5.41, 5.74) is 3.77. The fourth-order valence-corrected chi connectivity index (χ4v) is 3.37. The number of aryl methyl sites for hydroxylation is 1. The highest BCUT2D eigenvalue weighted by atomic mass is 16.2. The molecule has 0 bridgehead atoms. The topological polar surface area (TPSA) is 66.1 Å². The van der Waals surface area contributed by atoms with E-state index in [4.69, 9.17) is 0 Å². The third-order valence-electron chi connectivity index (χ3n) is 4.85. The maximum absolute atomic E-state index is 13.2. The van der Waals surface area contributed by atoms with Crippen LogP contribution in [0, 0.1) is 6.92 Å². The smallest absolute Gasteiger partial charge is 0.256 e. The Morgan fingerprint density at radius 2 is 1.83 bits per heavy atom. The number of carbonyl (C=O) groups is 1. The molecule has 2 heterocycles. The zero-order chi connectivity index (χ0) is 20.2. The first-order chi connectivity index (χ1) is 14.1. The van der Waals surface area contributed by atoms with Crippen LogP contribution in [0.1, 0.15) is 27.0 Å². The molecule has 5 nitrogen and oxygen atoms in total. The lowest BCUT2D eigenvalue weighted by molar-refractivity contribution is 0.0729. The average Bonchev–Trinajstić information content (AvgIpc) is 2.75. The Bertz CT molecular complexity index is 1200. The molecular formula is C24H21N3O2. The Balaban J connectivity index is 1.71. The first-order valence-electron chi connectivity index (χ1n) is 9.46. The van der Waals surface area contributed by atoms with E-state index in [1.807, 2.05) is 61.5 Å². The Hall–Kier alpha value is -3.73. The predicted molar refractivity (Wildman–Crippen MR) is 114 cm³/mol. The van der Waals surface area contributed by atoms with Gasteiger partial charge >= 0.3 is 0 Å². The molecule has 0 aliphatic carbocycles. The van der Waals surface area contributed by atoms with Crippen LogP contribution in [-0.2, 0) is 13.1 Å². The molecule has 5 heteroatoms. The van der Waals surface area contributed by atoms with Crippen LogP contribution < -0.4 is 5.56 Å². The normalized spacial score (nSPS) is 10.8. The number of carbonyl (C=O) groups excluding carboxylic acids is 1. The number of H-pyrrole nitrogens is 1. The summed E-state index contributed by atoms with van der Waals surface area (Å²) in [6.07, 6.45) is 3.18. The molecule has 0 saturated heterocycles. The van der Waals surface area contributed by atoms with E-state index in [-0.39, 0.29) is 18.0 Å². The van der Waals surface area contributed by atoms with E-state index in [1.165, 1.54) is 0 Å². The van der Waals surface area contributed by atoms with E-state index in [0.29, 0.717) is 17.7 Å². The molecule has 144 valence electrons. The second kappa shape index (κ2) is 8.10. The van der Waals surface area contributed by atoms with E-state index in [1.54, 1.807) is 29.4 Å². The van der Waals surface area contributed by atoms with Gasteiger partial charge in [0, 0.05) is 30.0 Å². The number of nitrogens with zero attached hydrogens (tertiary/aromatic N) is 2. The molecule has 0 radical (unpaired) electrons. The molecule has 0 saturated carbocycles. The zero-order valence-corrected chi connectivity index (χ0v) is 16.1. The van der Waals surface area contributed by atoms with Crippen LogP contribution in [0.4, 0.5) is 0 Å². The standard InChI is InChI=1S/C24H21N3O2/c1-17-9-10-22-20(12-17)13-21(23(28)26-22)16-27(15-18-6-3-2-4-7-18)24(29)19-8-5-11-25-14-19/h2-14H,15-16H2,1H3,(H,26,28). The fourth-order valence-electron chi connectivity index (χ4n) is 3.37. The molecule has 0 aliphatic rings. The average molecular weight is 383 g/mol. The summed E-state index contributed by atoms with van der Waals surface area (Å²) in [6.45, 7) is 2.62. The monoisotopic (exact) mass is 383 g/mol. The minimum Gasteiger partial charge on any atom is -0.330 e. The summed E-state index contributed by atoms with van der Waals surface area (Å²) < 4.78 is 0. The summed E-state index contributed by atoms with van der Waals surface area (Å²) in [6, 6.07) is 21.0. The third-order valence-corrected chi connectivity index (χ3v) is 4.85. The molecule has 1 amide bonds. The van der Waals surface area contributed by atoms with Crippen molar-refractivity contribution in [1.29, 1.82) is 0 Å². The van der Waals surface area contributed by atoms with Crippen molar-refractivity contribution in [3.05, 3.63) is 112 Å². The maximum atomic E-state index is 13.2. The Kier molecular flexibility index (Phi) is 5.20. The van der Waals surface area contributed by atoms with Crippen LogP contribution in [0.5, 0.6) is 0 Å². The van der Waals surface area contributed by atoms with E-state index in [0.717, 1.165) is 22.0 Å². The number of hydrogen-bond donors (Lipinski definition) is 1. The highest BCUT2D eigenvalue weighted by Crippen LogP contribution is 2.17. The van der Waals surface area contributed by atoms with Crippen molar-refractivity contribution in [3.8, 4) is 0 Å². The van der Waals surface area contributed by atoms with Gasteiger partial charge in [-0.2, -0.15) is 0 Å². The van der Waals surface area contributed by atoms with Gasteiger partial charge in [-0.05, 0) is 48.2 Å². The molecule has 29 heavy (non-hydrogen) atoms. The number of amides is 1. The van der Waals surface area contributed by atoms with Crippen LogP contribution in [0.15, 0.2) is 83.9 Å². The lowest BCUT2D eigenvalue weighted by Gasteiger charge is -2.23. The van der Waals surface area contributed by atoms with Gasteiger partial charge in [-0.3, -0.25) is 14.6 Å². The van der Waals surface area contributed by atoms with E-state index in [9.17, 15) is 9.59 Å². The molecular weight excluding hydrogens is 362 g/mol. The van der Waals surface area contributed by atoms with Crippen molar-refractivity contribution >= 4 is 16.8 Å². The molecule has 0 spiro atoms. The Labute approximate surface area is 168 Å². The van der Waals surface area contributed by atoms with Gasteiger partial charge < -0.3 is 9.88 Å². The lowest BCUT2D eigenvalue weighted by Crippen LogP contribution is -2.32. The number of nitrogens with one attached hydrogen (secondary N) is 1. The summed E-state index contributed by atoms with van der Waals surface area (Å²) in [4.78, 5) is 34.5. The van der Waals surface area contributed by atoms with Gasteiger partial charge in [-0.25, -0.2) is 0 Å². The first kappa shape index (κ1) is 18.6. The van der Waals surface area contributed by atoms with E-state index < -0.39 is 0 Å². The van der Waals surface area contributed by atoms with Crippen LogP contribution in [0.25, 0.3) is 10.9 Å². The number of aromatic amines is 1. The number of fused-ring (bicyclic) bond motifs is 1. The minimum absolute atomic E-state index is 0.161. The van der Waals surface area contributed by atoms with E-state index >= 15 is 0 Å². The summed E-state index contributed by atoms with van der Waals surface area (Å²) in [5.74, 6) is -0.161. The molecule has 0 aliphatic heterocycles. The van der Waals surface area contributed by atoms with E-state index in [2.05, 4.69) is 9.97 Å². The van der Waals surface area contributed by atoms with Gasteiger partial charge in [0.2, 0.25) is 0 Å². The lowest BCUT2D eigenvalue weighted by atomic mass is 10.1. The van der Waals surface area contributed by atoms with Crippen LogP contribution in [0.2, 0.25) is 0 Å². The van der Waals surface area contributed by atoms with Crippen molar-refractivity contribution in [3.63, 3.8) is 0 Å². The zero-order valence-electron chi connectivity index (χ0n) is 16.1. The van der Waals surface area contributed by atoms with Gasteiger partial charge in [0.25, 0.3) is 11.5 Å². The predicted octanol–water partition coefficient (Wildman–Crippen LogP) is 4.07. The molecule has 0 unspecified atom stereocenters. The SMILES string of the molecule is Cc1ccc2[nH]c(=O)c(CN(Cc3ccccc3)C(=O)c3cccnc3)cc2c1. The number of benzene rings is 2. The number of aromatic nitrogens is 2. The molecule has 0 fully saturated rings. The molecule has 2 aromatic heterocycles. The van der Waals surface area contributed by atoms with Gasteiger partial charge in [0.1, 0.15) is 0 Å². The molecule has 2 aromatic carbocycles. The second-order valence-corrected chi connectivity index (χ2v) is 7.10. The van der Waals surface area contributed by atoms with Crippen LogP contribution in [0.3, 0.4) is 0 Å². The van der Waals surface area contributed by atoms with Crippen molar-refractivity contribution in [1.82, 2.24) is 14.9 Å². The van der Waals surface area contributed by atoms with Gasteiger partial charge in [0.15, 0.2) is 0 Å². The van der Waals surface area contributed by atoms with Crippen molar-refractivity contribution in [2.75, 3.05) is 0 Å². The van der Waals surface area contributed by atoms with Crippen molar-refractivity contribution < 1.29 is 4.79 Å². The van der Waals surface area contributed by atoms with Crippen LogP contribution >= 0.6 is 0 Å². The van der Waals surface area contributed by atoms with Gasteiger partial charge in [-0.15, -0.1) is 0 Å². The minimum atomic E-state index is -0.182. The summed E-state index contributed by atoms with van der Waals surface area (Å²) in [7, 11) is 0. The first-order valence-corrected chi connectivity index (χ1v) is 9.46. The van der Waals surface area contributed by atoms with Gasteiger partial charge in [0.05, 0.1) is 12.1 Å². The summed E-state index contributed by atoms with van der Waals surface area (Å²) >= 11 is 0. The molecule has 1 N–H and O–H groups in total. The molecule has 4 aromatic rings. The Morgan fingerprint density at radius 3 is 2.59 bits per heavy atom. The quantitative estimate of drug-likeness (QED) is 0.565. The summed E-state index contributed by atoms with van der Waals surface area (Å²) in [5, 5.41) is 0.952.